The second kappa shape index (κ2) is 13.2. The summed E-state index contributed by atoms with van der Waals surface area (Å²) < 4.78 is 4.97. The molecule has 4 N–H and O–H groups in total. The summed E-state index contributed by atoms with van der Waals surface area (Å²) in [6.07, 6.45) is 0. The number of alkyl halides is 1. The lowest BCUT2D eigenvalue weighted by molar-refractivity contribution is -0.129. The Morgan fingerprint density at radius 3 is 2.44 bits per heavy atom. The maximum Gasteiger partial charge on any atom is 0.245 e. The Morgan fingerprint density at radius 1 is 1.11 bits per heavy atom. The molecule has 9 heteroatoms. The molecule has 8 nitrogen and oxygen atoms in total. The van der Waals surface area contributed by atoms with Crippen molar-refractivity contribution in [3.05, 3.63) is 35.4 Å². The summed E-state index contributed by atoms with van der Waals surface area (Å²) in [6, 6.07) is 7.11. The summed E-state index contributed by atoms with van der Waals surface area (Å²) in [4.78, 5) is 34.5. The van der Waals surface area contributed by atoms with E-state index in [0.29, 0.717) is 31.5 Å². The SMILES string of the molecule is COCC(NC(C)=O)C(=O)NCc1cccc(CNCCNC(=O)CBr)c1. The number of ether oxygens (including phenoxy) is 1. The molecule has 150 valence electrons. The lowest BCUT2D eigenvalue weighted by Crippen LogP contribution is -2.48. The largest absolute Gasteiger partial charge is 0.382 e. The van der Waals surface area contributed by atoms with Crippen molar-refractivity contribution in [1.29, 1.82) is 0 Å². The third-order valence-electron chi connectivity index (χ3n) is 3.56. The highest BCUT2D eigenvalue weighted by Crippen LogP contribution is 2.05. The smallest absolute Gasteiger partial charge is 0.245 e. The van der Waals surface area contributed by atoms with Crippen molar-refractivity contribution in [2.75, 3.05) is 32.1 Å². The number of benzene rings is 1. The van der Waals surface area contributed by atoms with E-state index in [1.807, 2.05) is 24.3 Å². The first-order valence-corrected chi connectivity index (χ1v) is 9.73. The van der Waals surface area contributed by atoms with Gasteiger partial charge in [-0.3, -0.25) is 14.4 Å². The lowest BCUT2D eigenvalue weighted by atomic mass is 10.1. The molecule has 0 saturated heterocycles. The maximum atomic E-state index is 12.2. The van der Waals surface area contributed by atoms with Crippen LogP contribution in [0.4, 0.5) is 0 Å². The van der Waals surface area contributed by atoms with Gasteiger partial charge in [0.1, 0.15) is 6.04 Å². The molecule has 0 aromatic heterocycles. The van der Waals surface area contributed by atoms with Crippen molar-refractivity contribution in [2.45, 2.75) is 26.1 Å². The van der Waals surface area contributed by atoms with Gasteiger partial charge < -0.3 is 26.0 Å². The van der Waals surface area contributed by atoms with Crippen molar-refractivity contribution < 1.29 is 19.1 Å². The van der Waals surface area contributed by atoms with Crippen LogP contribution in [0, 0.1) is 0 Å². The Morgan fingerprint density at radius 2 is 1.81 bits per heavy atom. The van der Waals surface area contributed by atoms with Crippen LogP contribution in [0.3, 0.4) is 0 Å². The Balaban J connectivity index is 2.43. The fraction of sp³-hybridized carbons (Fsp3) is 0.500. The first-order chi connectivity index (χ1) is 13.0. The van der Waals surface area contributed by atoms with Gasteiger partial charge in [0.05, 0.1) is 11.9 Å². The van der Waals surface area contributed by atoms with E-state index in [-0.39, 0.29) is 24.3 Å². The van der Waals surface area contributed by atoms with Crippen molar-refractivity contribution in [1.82, 2.24) is 21.3 Å². The first kappa shape index (κ1) is 23.1. The van der Waals surface area contributed by atoms with Crippen LogP contribution in [0.25, 0.3) is 0 Å². The van der Waals surface area contributed by atoms with Crippen LogP contribution >= 0.6 is 15.9 Å². The number of carbonyl (C=O) groups is 3. The fourth-order valence-corrected chi connectivity index (χ4v) is 2.53. The van der Waals surface area contributed by atoms with Crippen molar-refractivity contribution >= 4 is 33.7 Å². The van der Waals surface area contributed by atoms with E-state index < -0.39 is 6.04 Å². The molecule has 0 fully saturated rings. The third-order valence-corrected chi connectivity index (χ3v) is 4.07. The first-order valence-electron chi connectivity index (χ1n) is 8.61. The number of hydrogen-bond acceptors (Lipinski definition) is 5. The van der Waals surface area contributed by atoms with Gasteiger partial charge in [-0.05, 0) is 11.1 Å². The van der Waals surface area contributed by atoms with E-state index in [1.165, 1.54) is 14.0 Å². The molecule has 0 aliphatic heterocycles. The van der Waals surface area contributed by atoms with Crippen LogP contribution in [0.15, 0.2) is 24.3 Å². The quantitative estimate of drug-likeness (QED) is 0.270. The van der Waals surface area contributed by atoms with Gasteiger partial charge in [-0.1, -0.05) is 40.2 Å². The molecule has 0 saturated carbocycles. The average Bonchev–Trinajstić information content (AvgIpc) is 2.65. The van der Waals surface area contributed by atoms with E-state index in [9.17, 15) is 14.4 Å². The minimum absolute atomic E-state index is 0.0411. The Kier molecular flexibility index (Phi) is 11.3. The molecule has 1 aromatic rings. The van der Waals surface area contributed by atoms with Crippen LogP contribution in [0.2, 0.25) is 0 Å². The van der Waals surface area contributed by atoms with Crippen molar-refractivity contribution in [2.24, 2.45) is 0 Å². The van der Waals surface area contributed by atoms with Crippen LogP contribution < -0.4 is 21.3 Å². The topological polar surface area (TPSA) is 109 Å². The summed E-state index contributed by atoms with van der Waals surface area (Å²) in [5.41, 5.74) is 2.03. The minimum atomic E-state index is -0.716. The zero-order valence-electron chi connectivity index (χ0n) is 15.6. The van der Waals surface area contributed by atoms with Gasteiger partial charge in [0, 0.05) is 40.2 Å². The molecule has 0 aliphatic rings. The van der Waals surface area contributed by atoms with Gasteiger partial charge >= 0.3 is 0 Å². The molecule has 3 amide bonds. The molecule has 0 spiro atoms. The van der Waals surface area contributed by atoms with E-state index in [1.54, 1.807) is 0 Å². The monoisotopic (exact) mass is 442 g/mol. The molecule has 0 bridgehead atoms. The van der Waals surface area contributed by atoms with E-state index in [4.69, 9.17) is 4.74 Å². The number of rotatable bonds is 12. The van der Waals surface area contributed by atoms with Gasteiger partial charge in [0.15, 0.2) is 0 Å². The second-order valence-electron chi connectivity index (χ2n) is 5.91. The molecule has 1 rings (SSSR count). The van der Waals surface area contributed by atoms with Gasteiger partial charge in [0.25, 0.3) is 0 Å². The molecular weight excluding hydrogens is 416 g/mol. The highest BCUT2D eigenvalue weighted by atomic mass is 79.9. The van der Waals surface area contributed by atoms with Crippen LogP contribution in [0.1, 0.15) is 18.1 Å². The fourth-order valence-electron chi connectivity index (χ4n) is 2.33. The van der Waals surface area contributed by atoms with Crippen molar-refractivity contribution in [3.63, 3.8) is 0 Å². The van der Waals surface area contributed by atoms with Gasteiger partial charge in [-0.25, -0.2) is 0 Å². The molecule has 27 heavy (non-hydrogen) atoms. The molecule has 1 atom stereocenters. The average molecular weight is 443 g/mol. The number of carbonyl (C=O) groups excluding carboxylic acids is 3. The summed E-state index contributed by atoms with van der Waals surface area (Å²) in [6.45, 7) is 3.70. The van der Waals surface area contributed by atoms with E-state index >= 15 is 0 Å². The summed E-state index contributed by atoms with van der Waals surface area (Å²) in [7, 11) is 1.48. The standard InChI is InChI=1S/C18H27BrN4O4/c1-13(24)23-16(12-27-2)18(26)22-11-15-5-3-4-14(8-15)10-20-6-7-21-17(25)9-19/h3-5,8,16,20H,6-7,9-12H2,1-2H3,(H,21,25)(H,22,26)(H,23,24). The summed E-state index contributed by atoms with van der Waals surface area (Å²) in [5.74, 6) is -0.619. The number of nitrogens with one attached hydrogen (secondary N) is 4. The van der Waals surface area contributed by atoms with Gasteiger partial charge in [-0.15, -0.1) is 0 Å². The van der Waals surface area contributed by atoms with Gasteiger partial charge in [-0.2, -0.15) is 0 Å². The molecule has 1 aromatic carbocycles. The minimum Gasteiger partial charge on any atom is -0.382 e. The van der Waals surface area contributed by atoms with E-state index in [2.05, 4.69) is 37.2 Å². The highest BCUT2D eigenvalue weighted by Gasteiger charge is 2.18. The van der Waals surface area contributed by atoms with Gasteiger partial charge in [0.2, 0.25) is 17.7 Å². The van der Waals surface area contributed by atoms with E-state index in [0.717, 1.165) is 11.1 Å². The van der Waals surface area contributed by atoms with Crippen LogP contribution in [0.5, 0.6) is 0 Å². The molecule has 0 radical (unpaired) electrons. The molecule has 0 aliphatic carbocycles. The lowest BCUT2D eigenvalue weighted by Gasteiger charge is -2.17. The second-order valence-corrected chi connectivity index (χ2v) is 6.47. The number of methoxy groups -OCH3 is 1. The molecular formula is C18H27BrN4O4. The zero-order chi connectivity index (χ0) is 20.1. The Bertz CT molecular complexity index is 627. The number of amides is 3. The Hall–Kier alpha value is -1.97. The maximum absolute atomic E-state index is 12.2. The number of halogens is 1. The predicted molar refractivity (Wildman–Crippen MR) is 106 cm³/mol. The molecule has 0 heterocycles. The van der Waals surface area contributed by atoms with Crippen molar-refractivity contribution in [3.8, 4) is 0 Å². The molecule has 1 unspecified atom stereocenters. The zero-order valence-corrected chi connectivity index (χ0v) is 17.2. The number of hydrogen-bond donors (Lipinski definition) is 4. The highest BCUT2D eigenvalue weighted by molar-refractivity contribution is 9.09. The van der Waals surface area contributed by atoms with Crippen LogP contribution in [-0.2, 0) is 32.2 Å². The Labute approximate surface area is 167 Å². The summed E-state index contributed by atoms with van der Waals surface area (Å²) in [5, 5.41) is 11.7. The summed E-state index contributed by atoms with van der Waals surface area (Å²) >= 11 is 3.09. The predicted octanol–water partition coefficient (Wildman–Crippen LogP) is 0.0546. The normalized spacial score (nSPS) is 11.5. The third kappa shape index (κ3) is 10.1. The van der Waals surface area contributed by atoms with Crippen LogP contribution in [-0.4, -0.2) is 55.9 Å².